The number of fused-ring (bicyclic) bond motifs is 1. The second-order valence-electron chi connectivity index (χ2n) is 5.95. The number of nitrogens with zero attached hydrogens (tertiary/aromatic N) is 3. The molecule has 1 aromatic heterocycles. The molecule has 1 aliphatic rings. The van der Waals surface area contributed by atoms with Gasteiger partial charge in [-0.2, -0.15) is 5.10 Å². The monoisotopic (exact) mass is 383 g/mol. The van der Waals surface area contributed by atoms with Gasteiger partial charge in [-0.05, 0) is 23.8 Å². The molecule has 0 atom stereocenters. The first-order valence-corrected chi connectivity index (χ1v) is 9.90. The molecule has 2 heterocycles. The van der Waals surface area contributed by atoms with Gasteiger partial charge in [0.2, 0.25) is 5.91 Å². The molecule has 0 saturated carbocycles. The summed E-state index contributed by atoms with van der Waals surface area (Å²) in [7, 11) is 1.83. The molecule has 4 rings (SSSR count). The molecule has 6 heteroatoms. The molecule has 140 valence electrons. The van der Waals surface area contributed by atoms with E-state index in [1.54, 1.807) is 21.8 Å². The Morgan fingerprint density at radius 3 is 2.63 bits per heavy atom. The van der Waals surface area contributed by atoms with Crippen LogP contribution in [0.2, 0.25) is 0 Å². The van der Waals surface area contributed by atoms with Gasteiger partial charge in [-0.25, -0.2) is 4.39 Å². The molecular weight excluding hydrogens is 361 g/mol. The molecule has 27 heavy (non-hydrogen) atoms. The van der Waals surface area contributed by atoms with Crippen molar-refractivity contribution in [3.63, 3.8) is 0 Å². The van der Waals surface area contributed by atoms with Crippen molar-refractivity contribution in [3.05, 3.63) is 66.2 Å². The van der Waals surface area contributed by atoms with Crippen molar-refractivity contribution in [2.45, 2.75) is 25.3 Å². The third-order valence-electron chi connectivity index (χ3n) is 4.23. The van der Waals surface area contributed by atoms with Crippen molar-refractivity contribution in [2.24, 2.45) is 7.05 Å². The van der Waals surface area contributed by atoms with E-state index in [0.29, 0.717) is 11.3 Å². The minimum atomic E-state index is -0.315. The molecule has 3 aromatic rings. The van der Waals surface area contributed by atoms with Crippen LogP contribution in [0.3, 0.4) is 0 Å². The summed E-state index contributed by atoms with van der Waals surface area (Å²) >= 11 is 1.52. The van der Waals surface area contributed by atoms with Crippen LogP contribution in [-0.2, 0) is 18.4 Å². The molecule has 0 aliphatic carbocycles. The van der Waals surface area contributed by atoms with Crippen molar-refractivity contribution in [1.82, 2.24) is 9.78 Å². The van der Waals surface area contributed by atoms with Gasteiger partial charge >= 0.3 is 0 Å². The van der Waals surface area contributed by atoms with Crippen LogP contribution in [0.5, 0.6) is 0 Å². The Kier molecular flexibility index (Phi) is 5.96. The van der Waals surface area contributed by atoms with Crippen LogP contribution in [0.15, 0.2) is 59.8 Å². The van der Waals surface area contributed by atoms with Crippen molar-refractivity contribution in [3.8, 4) is 11.1 Å². The topological polar surface area (TPSA) is 38.1 Å². The number of benzene rings is 2. The number of halogens is 1. The summed E-state index contributed by atoms with van der Waals surface area (Å²) in [5, 5.41) is 4.11. The quantitative estimate of drug-likeness (QED) is 0.646. The first kappa shape index (κ1) is 19.2. The van der Waals surface area contributed by atoms with Gasteiger partial charge in [-0.1, -0.05) is 38.1 Å². The molecule has 0 saturated heterocycles. The number of para-hydroxylation sites is 1. The van der Waals surface area contributed by atoms with Crippen molar-refractivity contribution in [1.29, 1.82) is 0 Å². The van der Waals surface area contributed by atoms with E-state index in [-0.39, 0.29) is 18.3 Å². The zero-order valence-corrected chi connectivity index (χ0v) is 16.5. The van der Waals surface area contributed by atoms with Crippen LogP contribution in [0.25, 0.3) is 11.1 Å². The number of anilines is 1. The van der Waals surface area contributed by atoms with Gasteiger partial charge in [0, 0.05) is 29.3 Å². The molecule has 1 aliphatic heterocycles. The number of hydrogen-bond acceptors (Lipinski definition) is 3. The lowest BCUT2D eigenvalue weighted by atomic mass is 10.1. The number of aromatic nitrogens is 2. The van der Waals surface area contributed by atoms with Crippen LogP contribution in [0, 0.1) is 5.82 Å². The normalized spacial score (nSPS) is 13.0. The number of rotatable bonds is 3. The van der Waals surface area contributed by atoms with E-state index in [2.05, 4.69) is 5.10 Å². The summed E-state index contributed by atoms with van der Waals surface area (Å²) in [6, 6.07) is 12.8. The lowest BCUT2D eigenvalue weighted by Gasteiger charge is -2.29. The van der Waals surface area contributed by atoms with E-state index < -0.39 is 0 Å². The summed E-state index contributed by atoms with van der Waals surface area (Å²) in [6.07, 6.45) is 3.55. The zero-order valence-electron chi connectivity index (χ0n) is 15.6. The Labute approximate surface area is 163 Å². The van der Waals surface area contributed by atoms with Crippen LogP contribution in [0.4, 0.5) is 10.1 Å². The highest BCUT2D eigenvalue weighted by molar-refractivity contribution is 8.00. The lowest BCUT2D eigenvalue weighted by molar-refractivity contribution is -0.116. The molecular formula is C21H22FN3OS. The predicted octanol–water partition coefficient (Wildman–Crippen LogP) is 4.89. The SMILES string of the molecule is CC.Cn1cc(-c2ccc(CN3C(=O)CSc4ccccc43)c(F)c2)cn1. The van der Waals surface area contributed by atoms with E-state index >= 15 is 0 Å². The Morgan fingerprint density at radius 2 is 1.93 bits per heavy atom. The lowest BCUT2D eigenvalue weighted by Crippen LogP contribution is -2.35. The van der Waals surface area contributed by atoms with Gasteiger partial charge in [0.1, 0.15) is 5.82 Å². The average molecular weight is 383 g/mol. The van der Waals surface area contributed by atoms with Gasteiger partial charge in [0.05, 0.1) is 24.2 Å². The van der Waals surface area contributed by atoms with Crippen LogP contribution >= 0.6 is 11.8 Å². The maximum absolute atomic E-state index is 14.6. The Morgan fingerprint density at radius 1 is 1.15 bits per heavy atom. The third kappa shape index (κ3) is 4.06. The van der Waals surface area contributed by atoms with Gasteiger partial charge in [-0.3, -0.25) is 9.48 Å². The van der Waals surface area contributed by atoms with Crippen molar-refractivity contribution in [2.75, 3.05) is 10.7 Å². The highest BCUT2D eigenvalue weighted by Crippen LogP contribution is 2.36. The Balaban J connectivity index is 0.00000102. The molecule has 0 unspecified atom stereocenters. The fourth-order valence-corrected chi connectivity index (χ4v) is 3.86. The molecule has 0 radical (unpaired) electrons. The molecule has 4 nitrogen and oxygen atoms in total. The predicted molar refractivity (Wildman–Crippen MR) is 108 cm³/mol. The van der Waals surface area contributed by atoms with Crippen molar-refractivity contribution >= 4 is 23.4 Å². The van der Waals surface area contributed by atoms with E-state index in [1.165, 1.54) is 17.8 Å². The molecule has 0 fully saturated rings. The summed E-state index contributed by atoms with van der Waals surface area (Å²) in [4.78, 5) is 15.0. The Hall–Kier alpha value is -2.60. The van der Waals surface area contributed by atoms with E-state index in [1.807, 2.05) is 57.4 Å². The van der Waals surface area contributed by atoms with Crippen LogP contribution < -0.4 is 4.90 Å². The molecule has 2 aromatic carbocycles. The van der Waals surface area contributed by atoms with Crippen molar-refractivity contribution < 1.29 is 9.18 Å². The van der Waals surface area contributed by atoms with Gasteiger partial charge in [0.15, 0.2) is 0 Å². The number of amides is 1. The van der Waals surface area contributed by atoms with E-state index in [9.17, 15) is 9.18 Å². The van der Waals surface area contributed by atoms with Crippen LogP contribution in [0.1, 0.15) is 19.4 Å². The largest absolute Gasteiger partial charge is 0.306 e. The fraction of sp³-hybridized carbons (Fsp3) is 0.238. The number of thioether (sulfide) groups is 1. The minimum absolute atomic E-state index is 0.000522. The first-order chi connectivity index (χ1) is 13.1. The number of carbonyl (C=O) groups excluding carboxylic acids is 1. The summed E-state index contributed by atoms with van der Waals surface area (Å²) in [5.74, 6) is 0.0659. The standard InChI is InChI=1S/C19H16FN3OS.C2H6/c1-22-10-15(9-21-22)13-6-7-14(16(20)8-13)11-23-17-4-2-3-5-18(17)25-12-19(23)24;1-2/h2-10H,11-12H2,1H3;1-2H3. The second kappa shape index (κ2) is 8.39. The average Bonchev–Trinajstić information content (AvgIpc) is 3.13. The van der Waals surface area contributed by atoms with Gasteiger partial charge in [0.25, 0.3) is 0 Å². The highest BCUT2D eigenvalue weighted by atomic mass is 32.2. The van der Waals surface area contributed by atoms with Gasteiger partial charge < -0.3 is 4.90 Å². The molecule has 0 N–H and O–H groups in total. The minimum Gasteiger partial charge on any atom is -0.306 e. The van der Waals surface area contributed by atoms with E-state index in [0.717, 1.165) is 21.7 Å². The zero-order chi connectivity index (χ0) is 19.4. The van der Waals surface area contributed by atoms with Crippen LogP contribution in [-0.4, -0.2) is 21.4 Å². The third-order valence-corrected chi connectivity index (χ3v) is 5.28. The molecule has 0 bridgehead atoms. The Bertz CT molecular complexity index is 954. The first-order valence-electron chi connectivity index (χ1n) is 8.91. The summed E-state index contributed by atoms with van der Waals surface area (Å²) < 4.78 is 16.3. The smallest absolute Gasteiger partial charge is 0.237 e. The maximum Gasteiger partial charge on any atom is 0.237 e. The second-order valence-corrected chi connectivity index (χ2v) is 6.96. The molecule has 0 spiro atoms. The highest BCUT2D eigenvalue weighted by Gasteiger charge is 2.25. The maximum atomic E-state index is 14.6. The fourth-order valence-electron chi connectivity index (χ4n) is 2.92. The van der Waals surface area contributed by atoms with Gasteiger partial charge in [-0.15, -0.1) is 11.8 Å². The summed E-state index contributed by atoms with van der Waals surface area (Å²) in [5.41, 5.74) is 2.99. The number of hydrogen-bond donors (Lipinski definition) is 0. The number of carbonyl (C=O) groups is 1. The van der Waals surface area contributed by atoms with E-state index in [4.69, 9.17) is 0 Å². The molecule has 1 amide bonds. The number of aryl methyl sites for hydroxylation is 1. The summed E-state index contributed by atoms with van der Waals surface area (Å²) in [6.45, 7) is 4.23.